The van der Waals surface area contributed by atoms with Crippen LogP contribution in [0.5, 0.6) is 0 Å². The van der Waals surface area contributed by atoms with Crippen molar-refractivity contribution in [3.05, 3.63) is 28.0 Å². The van der Waals surface area contributed by atoms with E-state index in [1.54, 1.807) is 17.8 Å². The van der Waals surface area contributed by atoms with E-state index in [1.807, 2.05) is 6.07 Å². The van der Waals surface area contributed by atoms with Crippen LogP contribution in [0.1, 0.15) is 5.82 Å². The van der Waals surface area contributed by atoms with Crippen LogP contribution in [0.4, 0.5) is 0 Å². The molecule has 0 saturated heterocycles. The van der Waals surface area contributed by atoms with Crippen molar-refractivity contribution in [2.24, 2.45) is 0 Å². The van der Waals surface area contributed by atoms with Gasteiger partial charge in [-0.25, -0.2) is 4.98 Å². The number of hydrogen-bond acceptors (Lipinski definition) is 2. The maximum absolute atomic E-state index is 5.92. The molecule has 0 fully saturated rings. The number of rotatable bonds is 3. The average molecular weight is 261 g/mol. The van der Waals surface area contributed by atoms with E-state index < -0.39 is 0 Å². The minimum Gasteiger partial charge on any atom is -0.342 e. The largest absolute Gasteiger partial charge is 0.342 e. The van der Waals surface area contributed by atoms with Gasteiger partial charge in [0.1, 0.15) is 5.82 Å². The molecule has 5 heteroatoms. The van der Waals surface area contributed by atoms with Gasteiger partial charge < -0.3 is 4.98 Å². The fourth-order valence-corrected chi connectivity index (χ4v) is 2.09. The van der Waals surface area contributed by atoms with Crippen molar-refractivity contribution in [3.8, 4) is 0 Å². The fraction of sp³-hybridized carbons (Fsp3) is 0.300. The second-order valence-corrected chi connectivity index (χ2v) is 5.01. The topological polar surface area (TPSA) is 28.7 Å². The van der Waals surface area contributed by atoms with Crippen molar-refractivity contribution in [3.63, 3.8) is 0 Å². The molecule has 0 aliphatic heterocycles. The molecule has 80 valence electrons. The van der Waals surface area contributed by atoms with E-state index in [9.17, 15) is 0 Å². The predicted octanol–water partition coefficient (Wildman–Crippen LogP) is 3.78. The van der Waals surface area contributed by atoms with Crippen LogP contribution in [0.3, 0.4) is 0 Å². The van der Waals surface area contributed by atoms with Crippen molar-refractivity contribution < 1.29 is 0 Å². The summed E-state index contributed by atoms with van der Waals surface area (Å²) in [4.78, 5) is 7.67. The Labute approximate surface area is 102 Å². The number of aromatic nitrogens is 2. The van der Waals surface area contributed by atoms with Crippen LogP contribution in [0.2, 0.25) is 10.0 Å². The number of nitrogens with zero attached hydrogens (tertiary/aromatic N) is 1. The molecule has 0 bridgehead atoms. The summed E-state index contributed by atoms with van der Waals surface area (Å²) in [5.41, 5.74) is 1.82. The third-order valence-corrected chi connectivity index (χ3v) is 3.45. The van der Waals surface area contributed by atoms with E-state index in [0.29, 0.717) is 10.0 Å². The fourth-order valence-electron chi connectivity index (χ4n) is 1.37. The number of nitrogens with one attached hydrogen (secondary N) is 1. The molecule has 2 aromatic rings. The number of H-pyrrole nitrogens is 1. The first-order chi connectivity index (χ1) is 7.20. The van der Waals surface area contributed by atoms with Gasteiger partial charge in [-0.2, -0.15) is 11.8 Å². The molecular formula is C10H10Cl2N2S. The minimum atomic E-state index is 0.548. The number of aromatic amines is 1. The summed E-state index contributed by atoms with van der Waals surface area (Å²) < 4.78 is 0. The van der Waals surface area contributed by atoms with Gasteiger partial charge in [0.2, 0.25) is 0 Å². The number of hydrogen-bond donors (Lipinski definition) is 1. The maximum atomic E-state index is 5.92. The lowest BCUT2D eigenvalue weighted by Crippen LogP contribution is -1.89. The molecule has 1 aromatic heterocycles. The van der Waals surface area contributed by atoms with Crippen LogP contribution in [0.15, 0.2) is 12.1 Å². The van der Waals surface area contributed by atoms with E-state index in [0.717, 1.165) is 29.0 Å². The van der Waals surface area contributed by atoms with Gasteiger partial charge in [-0.05, 0) is 18.4 Å². The third kappa shape index (κ3) is 2.41. The van der Waals surface area contributed by atoms with Crippen molar-refractivity contribution in [2.45, 2.75) is 6.42 Å². The summed E-state index contributed by atoms with van der Waals surface area (Å²) in [6.07, 6.45) is 3.02. The van der Waals surface area contributed by atoms with Crippen LogP contribution < -0.4 is 0 Å². The molecule has 0 spiro atoms. The van der Waals surface area contributed by atoms with Crippen molar-refractivity contribution in [1.82, 2.24) is 9.97 Å². The normalized spacial score (nSPS) is 11.1. The van der Waals surface area contributed by atoms with E-state index in [1.165, 1.54) is 0 Å². The van der Waals surface area contributed by atoms with E-state index in [4.69, 9.17) is 23.2 Å². The lowest BCUT2D eigenvalue weighted by molar-refractivity contribution is 1.01. The molecule has 15 heavy (non-hydrogen) atoms. The first-order valence-electron chi connectivity index (χ1n) is 4.53. The van der Waals surface area contributed by atoms with Crippen molar-refractivity contribution in [1.29, 1.82) is 0 Å². The Balaban J connectivity index is 2.38. The quantitative estimate of drug-likeness (QED) is 0.910. The van der Waals surface area contributed by atoms with Crippen LogP contribution >= 0.6 is 35.0 Å². The minimum absolute atomic E-state index is 0.548. The highest BCUT2D eigenvalue weighted by Gasteiger charge is 2.06. The van der Waals surface area contributed by atoms with Crippen molar-refractivity contribution >= 4 is 46.0 Å². The molecule has 0 saturated carbocycles. The molecule has 0 aliphatic carbocycles. The van der Waals surface area contributed by atoms with Crippen LogP contribution in [-0.2, 0) is 6.42 Å². The van der Waals surface area contributed by atoms with Gasteiger partial charge in [0.25, 0.3) is 0 Å². The zero-order valence-electron chi connectivity index (χ0n) is 8.18. The Bertz CT molecular complexity index is 442. The number of imidazole rings is 1. The van der Waals surface area contributed by atoms with Gasteiger partial charge in [0, 0.05) is 12.2 Å². The molecular weight excluding hydrogens is 251 g/mol. The molecule has 1 heterocycles. The molecule has 0 radical (unpaired) electrons. The molecule has 0 amide bonds. The summed E-state index contributed by atoms with van der Waals surface area (Å²) in [5, 5.41) is 1.11. The summed E-state index contributed by atoms with van der Waals surface area (Å²) in [5.74, 6) is 2.04. The highest BCUT2D eigenvalue weighted by Crippen LogP contribution is 2.26. The number of fused-ring (bicyclic) bond motifs is 1. The summed E-state index contributed by atoms with van der Waals surface area (Å²) in [6, 6.07) is 3.60. The summed E-state index contributed by atoms with van der Waals surface area (Å²) in [7, 11) is 0. The maximum Gasteiger partial charge on any atom is 0.108 e. The Morgan fingerprint density at radius 3 is 2.80 bits per heavy atom. The van der Waals surface area contributed by atoms with Crippen LogP contribution in [-0.4, -0.2) is 22.0 Å². The molecule has 0 aliphatic rings. The zero-order valence-corrected chi connectivity index (χ0v) is 10.5. The second kappa shape index (κ2) is 4.64. The number of thioether (sulfide) groups is 1. The number of benzene rings is 1. The van der Waals surface area contributed by atoms with E-state index in [-0.39, 0.29) is 0 Å². The average Bonchev–Trinajstić information content (AvgIpc) is 2.58. The Kier molecular flexibility index (Phi) is 3.44. The third-order valence-electron chi connectivity index (χ3n) is 2.12. The lowest BCUT2D eigenvalue weighted by atomic mass is 10.3. The van der Waals surface area contributed by atoms with Gasteiger partial charge in [0.15, 0.2) is 0 Å². The highest BCUT2D eigenvalue weighted by atomic mass is 35.5. The van der Waals surface area contributed by atoms with Gasteiger partial charge in [-0.15, -0.1) is 0 Å². The molecule has 2 rings (SSSR count). The summed E-state index contributed by atoms with van der Waals surface area (Å²) in [6.45, 7) is 0. The first kappa shape index (κ1) is 11.1. The first-order valence-corrected chi connectivity index (χ1v) is 6.68. The van der Waals surface area contributed by atoms with E-state index in [2.05, 4.69) is 16.2 Å². The van der Waals surface area contributed by atoms with Crippen LogP contribution in [0.25, 0.3) is 11.0 Å². The molecule has 0 atom stereocenters. The Morgan fingerprint density at radius 1 is 1.33 bits per heavy atom. The zero-order chi connectivity index (χ0) is 10.8. The number of aryl methyl sites for hydroxylation is 1. The van der Waals surface area contributed by atoms with Gasteiger partial charge >= 0.3 is 0 Å². The molecule has 0 unspecified atom stereocenters. The van der Waals surface area contributed by atoms with Gasteiger partial charge in [-0.3, -0.25) is 0 Å². The molecule has 2 nitrogen and oxygen atoms in total. The lowest BCUT2D eigenvalue weighted by Gasteiger charge is -1.93. The molecule has 1 aromatic carbocycles. The predicted molar refractivity (Wildman–Crippen MR) is 68.2 cm³/mol. The second-order valence-electron chi connectivity index (χ2n) is 3.21. The molecule has 1 N–H and O–H groups in total. The van der Waals surface area contributed by atoms with Gasteiger partial charge in [-0.1, -0.05) is 23.2 Å². The highest BCUT2D eigenvalue weighted by molar-refractivity contribution is 7.98. The summed E-state index contributed by atoms with van der Waals surface area (Å²) >= 11 is 13.6. The standard InChI is InChI=1S/C10H10Cl2N2S/c1-15-3-2-10-13-8-4-6(11)7(12)5-9(8)14-10/h4-5H,2-3H2,1H3,(H,13,14). The Morgan fingerprint density at radius 2 is 2.07 bits per heavy atom. The smallest absolute Gasteiger partial charge is 0.108 e. The monoisotopic (exact) mass is 260 g/mol. The SMILES string of the molecule is CSCCc1nc2cc(Cl)c(Cl)cc2[nH]1. The van der Waals surface area contributed by atoms with Gasteiger partial charge in [0.05, 0.1) is 21.1 Å². The van der Waals surface area contributed by atoms with Crippen molar-refractivity contribution in [2.75, 3.05) is 12.0 Å². The Hall–Kier alpha value is -0.380. The number of halogens is 2. The van der Waals surface area contributed by atoms with Crippen LogP contribution in [0, 0.1) is 0 Å². The van der Waals surface area contributed by atoms with E-state index >= 15 is 0 Å².